The van der Waals surface area contributed by atoms with Crippen molar-refractivity contribution in [1.29, 1.82) is 0 Å². The molecule has 1 aliphatic heterocycles. The molecule has 0 radical (unpaired) electrons. The third-order valence-corrected chi connectivity index (χ3v) is 4.75. The van der Waals surface area contributed by atoms with Crippen molar-refractivity contribution in [2.45, 2.75) is 24.9 Å². The van der Waals surface area contributed by atoms with Crippen LogP contribution < -0.4 is 16.0 Å². The molecule has 0 saturated carbocycles. The third kappa shape index (κ3) is 3.52. The molecule has 1 fully saturated rings. The van der Waals surface area contributed by atoms with Crippen LogP contribution in [0.4, 0.5) is 5.69 Å². The summed E-state index contributed by atoms with van der Waals surface area (Å²) in [5.41, 5.74) is 6.49. The Labute approximate surface area is 151 Å². The number of nitrogens with zero attached hydrogens (tertiary/aromatic N) is 1. The number of halogens is 1. The fourth-order valence-corrected chi connectivity index (χ4v) is 3.04. The number of carbonyl (C=O) groups excluding carboxylic acids is 2. The van der Waals surface area contributed by atoms with Crippen molar-refractivity contribution in [2.75, 3.05) is 11.4 Å². The fourth-order valence-electron chi connectivity index (χ4n) is 2.91. The second-order valence-electron chi connectivity index (χ2n) is 6.35. The van der Waals surface area contributed by atoms with Gasteiger partial charge in [0.15, 0.2) is 0 Å². The summed E-state index contributed by atoms with van der Waals surface area (Å²) in [7, 11) is 0. The van der Waals surface area contributed by atoms with Gasteiger partial charge in [0.25, 0.3) is 0 Å². The van der Waals surface area contributed by atoms with Gasteiger partial charge in [0.2, 0.25) is 11.8 Å². The molecule has 2 aromatic rings. The van der Waals surface area contributed by atoms with Crippen LogP contribution in [0.1, 0.15) is 18.9 Å². The zero-order valence-corrected chi connectivity index (χ0v) is 14.7. The lowest BCUT2D eigenvalue weighted by atomic mass is 9.92. The summed E-state index contributed by atoms with van der Waals surface area (Å²) in [6.07, 6.45) is 0.540. The summed E-state index contributed by atoms with van der Waals surface area (Å²) in [6, 6.07) is 15.6. The molecule has 0 spiro atoms. The van der Waals surface area contributed by atoms with E-state index in [1.54, 1.807) is 48.2 Å². The summed E-state index contributed by atoms with van der Waals surface area (Å²) < 4.78 is 0. The normalized spacial score (nSPS) is 19.6. The van der Waals surface area contributed by atoms with E-state index >= 15 is 0 Å². The fraction of sp³-hybridized carbons (Fsp3) is 0.263. The first-order valence-electron chi connectivity index (χ1n) is 8.12. The van der Waals surface area contributed by atoms with E-state index in [1.165, 1.54) is 0 Å². The summed E-state index contributed by atoms with van der Waals surface area (Å²) >= 11 is 5.89. The Balaban J connectivity index is 1.70. The zero-order chi connectivity index (χ0) is 18.0. The van der Waals surface area contributed by atoms with Crippen LogP contribution in [0.3, 0.4) is 0 Å². The van der Waals surface area contributed by atoms with E-state index in [1.807, 2.05) is 18.2 Å². The van der Waals surface area contributed by atoms with Crippen LogP contribution in [-0.2, 0) is 15.1 Å². The summed E-state index contributed by atoms with van der Waals surface area (Å²) in [6.45, 7) is 2.19. The molecular weight excluding hydrogens is 338 g/mol. The lowest BCUT2D eigenvalue weighted by molar-refractivity contribution is -0.130. The van der Waals surface area contributed by atoms with Gasteiger partial charge < -0.3 is 16.0 Å². The van der Waals surface area contributed by atoms with Gasteiger partial charge in [0.05, 0.1) is 0 Å². The molecule has 2 aromatic carbocycles. The number of nitrogens with one attached hydrogen (secondary N) is 1. The second-order valence-corrected chi connectivity index (χ2v) is 6.79. The molecule has 1 heterocycles. The summed E-state index contributed by atoms with van der Waals surface area (Å²) in [5.74, 6) is -0.505. The first kappa shape index (κ1) is 17.5. The van der Waals surface area contributed by atoms with Gasteiger partial charge in [-0.05, 0) is 43.2 Å². The average Bonchev–Trinajstić information content (AvgIpc) is 2.97. The highest BCUT2D eigenvalue weighted by atomic mass is 35.5. The SMILES string of the molecule is CC(N)(C(=O)NC1CCN(c2ccc(Cl)cc2)C1=O)c1ccccc1. The van der Waals surface area contributed by atoms with Gasteiger partial charge in [-0.25, -0.2) is 0 Å². The number of benzene rings is 2. The van der Waals surface area contributed by atoms with Crippen molar-refractivity contribution in [3.05, 3.63) is 65.2 Å². The smallest absolute Gasteiger partial charge is 0.249 e. The number of amides is 2. The lowest BCUT2D eigenvalue weighted by Gasteiger charge is -2.26. The number of rotatable bonds is 4. The van der Waals surface area contributed by atoms with Crippen LogP contribution in [0.15, 0.2) is 54.6 Å². The van der Waals surface area contributed by atoms with Crippen molar-refractivity contribution in [3.63, 3.8) is 0 Å². The van der Waals surface area contributed by atoms with Gasteiger partial charge in [-0.1, -0.05) is 41.9 Å². The Hall–Kier alpha value is -2.37. The maximum atomic E-state index is 12.6. The van der Waals surface area contributed by atoms with Gasteiger partial charge in [-0.15, -0.1) is 0 Å². The molecule has 2 atom stereocenters. The molecule has 1 saturated heterocycles. The number of carbonyl (C=O) groups is 2. The van der Waals surface area contributed by atoms with Crippen molar-refractivity contribution in [1.82, 2.24) is 5.32 Å². The predicted octanol–water partition coefficient (Wildman–Crippen LogP) is 2.44. The zero-order valence-electron chi connectivity index (χ0n) is 13.9. The Morgan fingerprint density at radius 1 is 1.20 bits per heavy atom. The molecule has 1 aliphatic rings. The number of hydrogen-bond acceptors (Lipinski definition) is 3. The van der Waals surface area contributed by atoms with E-state index in [-0.39, 0.29) is 11.8 Å². The minimum Gasteiger partial charge on any atom is -0.342 e. The highest BCUT2D eigenvalue weighted by Gasteiger charge is 2.38. The molecule has 2 amide bonds. The van der Waals surface area contributed by atoms with Crippen LogP contribution in [0.5, 0.6) is 0 Å². The Kier molecular flexibility index (Phi) is 4.79. The van der Waals surface area contributed by atoms with E-state index in [2.05, 4.69) is 5.32 Å². The molecule has 3 N–H and O–H groups in total. The molecule has 3 rings (SSSR count). The Morgan fingerprint density at radius 3 is 2.48 bits per heavy atom. The minimum absolute atomic E-state index is 0.139. The second kappa shape index (κ2) is 6.86. The van der Waals surface area contributed by atoms with E-state index in [0.29, 0.717) is 23.6 Å². The molecule has 2 unspecified atom stereocenters. The molecule has 0 bridgehead atoms. The molecule has 6 heteroatoms. The number of nitrogens with two attached hydrogens (primary N) is 1. The van der Waals surface area contributed by atoms with Crippen molar-refractivity contribution < 1.29 is 9.59 Å². The molecule has 0 aliphatic carbocycles. The van der Waals surface area contributed by atoms with Gasteiger partial charge in [0, 0.05) is 17.3 Å². The number of hydrogen-bond donors (Lipinski definition) is 2. The largest absolute Gasteiger partial charge is 0.342 e. The Bertz CT molecular complexity index is 775. The van der Waals surface area contributed by atoms with Crippen molar-refractivity contribution >= 4 is 29.1 Å². The van der Waals surface area contributed by atoms with E-state index in [9.17, 15) is 9.59 Å². The van der Waals surface area contributed by atoms with Crippen LogP contribution in [-0.4, -0.2) is 24.4 Å². The van der Waals surface area contributed by atoms with Crippen molar-refractivity contribution in [3.8, 4) is 0 Å². The highest BCUT2D eigenvalue weighted by Crippen LogP contribution is 2.24. The van der Waals surface area contributed by atoms with Crippen molar-refractivity contribution in [2.24, 2.45) is 5.73 Å². The van der Waals surface area contributed by atoms with E-state index in [4.69, 9.17) is 17.3 Å². The molecule has 130 valence electrons. The molecular formula is C19H20ClN3O2. The predicted molar refractivity (Wildman–Crippen MR) is 98.3 cm³/mol. The maximum absolute atomic E-state index is 12.6. The van der Waals surface area contributed by atoms with Crippen LogP contribution in [0, 0.1) is 0 Å². The lowest BCUT2D eigenvalue weighted by Crippen LogP contribution is -2.53. The summed E-state index contributed by atoms with van der Waals surface area (Å²) in [4.78, 5) is 26.9. The van der Waals surface area contributed by atoms with Crippen LogP contribution >= 0.6 is 11.6 Å². The monoisotopic (exact) mass is 357 g/mol. The van der Waals surface area contributed by atoms with Gasteiger partial charge >= 0.3 is 0 Å². The average molecular weight is 358 g/mol. The number of anilines is 1. The molecule has 0 aromatic heterocycles. The van der Waals surface area contributed by atoms with Crippen LogP contribution in [0.2, 0.25) is 5.02 Å². The highest BCUT2D eigenvalue weighted by molar-refractivity contribution is 6.30. The minimum atomic E-state index is -1.20. The van der Waals surface area contributed by atoms with Gasteiger partial charge in [-0.2, -0.15) is 0 Å². The Morgan fingerprint density at radius 2 is 1.84 bits per heavy atom. The first-order chi connectivity index (χ1) is 11.9. The van der Waals surface area contributed by atoms with Gasteiger partial charge in [-0.3, -0.25) is 9.59 Å². The molecule has 25 heavy (non-hydrogen) atoms. The third-order valence-electron chi connectivity index (χ3n) is 4.49. The van der Waals surface area contributed by atoms with E-state index < -0.39 is 11.6 Å². The van der Waals surface area contributed by atoms with E-state index in [0.717, 1.165) is 5.69 Å². The van der Waals surface area contributed by atoms with Crippen LogP contribution in [0.25, 0.3) is 0 Å². The quantitative estimate of drug-likeness (QED) is 0.882. The van der Waals surface area contributed by atoms with Gasteiger partial charge in [0.1, 0.15) is 11.6 Å². The first-order valence-corrected chi connectivity index (χ1v) is 8.49. The maximum Gasteiger partial charge on any atom is 0.249 e. The topological polar surface area (TPSA) is 75.4 Å². The summed E-state index contributed by atoms with van der Waals surface area (Å²) in [5, 5.41) is 3.41. The standard InChI is InChI=1S/C19H20ClN3O2/c1-19(21,13-5-3-2-4-6-13)18(25)22-16-11-12-23(17(16)24)15-9-7-14(20)8-10-15/h2-10,16H,11-12,21H2,1H3,(H,22,25). The molecule has 5 nitrogen and oxygen atoms in total.